The average Bonchev–Trinajstić information content (AvgIpc) is 2.28. The van der Waals surface area contributed by atoms with Crippen LogP contribution in [0.2, 0.25) is 0 Å². The summed E-state index contributed by atoms with van der Waals surface area (Å²) in [5, 5.41) is 0. The molecule has 0 amide bonds. The average molecular weight is 224 g/mol. The molecule has 16 heavy (non-hydrogen) atoms. The Bertz CT molecular complexity index is 217. The highest BCUT2D eigenvalue weighted by Gasteiger charge is 2.29. The van der Waals surface area contributed by atoms with Gasteiger partial charge >= 0.3 is 0 Å². The van der Waals surface area contributed by atoms with Gasteiger partial charge in [-0.3, -0.25) is 4.90 Å². The summed E-state index contributed by atoms with van der Waals surface area (Å²) in [5.41, 5.74) is 6.31. The molecule has 2 rings (SSSR count). The van der Waals surface area contributed by atoms with Crippen molar-refractivity contribution in [1.82, 2.24) is 4.90 Å². The quantitative estimate of drug-likeness (QED) is 0.781. The van der Waals surface area contributed by atoms with E-state index in [2.05, 4.69) is 18.7 Å². The van der Waals surface area contributed by atoms with Crippen molar-refractivity contribution < 1.29 is 0 Å². The highest BCUT2D eigenvalue weighted by atomic mass is 15.2. The van der Waals surface area contributed by atoms with Crippen LogP contribution >= 0.6 is 0 Å². The molecule has 1 saturated heterocycles. The first-order chi connectivity index (χ1) is 7.68. The Morgan fingerprint density at radius 3 is 2.44 bits per heavy atom. The van der Waals surface area contributed by atoms with Gasteiger partial charge in [-0.1, -0.05) is 33.1 Å². The van der Waals surface area contributed by atoms with Gasteiger partial charge in [0.1, 0.15) is 0 Å². The molecular formula is C14H28N2. The van der Waals surface area contributed by atoms with E-state index in [-0.39, 0.29) is 0 Å². The van der Waals surface area contributed by atoms with Crippen LogP contribution in [0.5, 0.6) is 0 Å². The number of hydrogen-bond acceptors (Lipinski definition) is 2. The van der Waals surface area contributed by atoms with Crippen LogP contribution in [-0.2, 0) is 0 Å². The largest absolute Gasteiger partial charge is 0.316 e. The van der Waals surface area contributed by atoms with Crippen LogP contribution in [0.25, 0.3) is 0 Å². The van der Waals surface area contributed by atoms with Crippen LogP contribution in [0.4, 0.5) is 0 Å². The van der Waals surface area contributed by atoms with Gasteiger partial charge < -0.3 is 5.73 Å². The number of piperidine rings is 1. The minimum atomic E-state index is 0.322. The number of nitrogens with two attached hydrogens (primary N) is 1. The maximum Gasteiger partial charge on any atom is 0.0598 e. The van der Waals surface area contributed by atoms with Crippen molar-refractivity contribution in [2.24, 2.45) is 23.5 Å². The lowest BCUT2D eigenvalue weighted by atomic mass is 9.79. The van der Waals surface area contributed by atoms with Crippen molar-refractivity contribution >= 4 is 0 Å². The summed E-state index contributed by atoms with van der Waals surface area (Å²) in [7, 11) is 0. The lowest BCUT2D eigenvalue weighted by molar-refractivity contribution is 0.0660. The number of likely N-dealkylation sites (tertiary alicyclic amines) is 1. The summed E-state index contributed by atoms with van der Waals surface area (Å²) in [4.78, 5) is 2.56. The van der Waals surface area contributed by atoms with Gasteiger partial charge in [-0.25, -0.2) is 0 Å². The molecule has 1 heterocycles. The smallest absolute Gasteiger partial charge is 0.0598 e. The monoisotopic (exact) mass is 224 g/mol. The second-order valence-electron chi connectivity index (χ2n) is 6.13. The molecule has 94 valence electrons. The van der Waals surface area contributed by atoms with Crippen molar-refractivity contribution in [2.45, 2.75) is 58.5 Å². The molecular weight excluding hydrogens is 196 g/mol. The molecule has 1 saturated carbocycles. The van der Waals surface area contributed by atoms with E-state index in [1.807, 2.05) is 0 Å². The van der Waals surface area contributed by atoms with Crippen molar-refractivity contribution in [2.75, 3.05) is 13.1 Å². The van der Waals surface area contributed by atoms with Crippen molar-refractivity contribution in [3.63, 3.8) is 0 Å². The Kier molecular flexibility index (Phi) is 4.26. The van der Waals surface area contributed by atoms with Gasteiger partial charge in [-0.2, -0.15) is 0 Å². The highest BCUT2D eigenvalue weighted by Crippen LogP contribution is 2.31. The zero-order valence-electron chi connectivity index (χ0n) is 11.0. The molecule has 2 nitrogen and oxygen atoms in total. The third-order valence-electron chi connectivity index (χ3n) is 4.87. The van der Waals surface area contributed by atoms with E-state index in [1.54, 1.807) is 0 Å². The van der Waals surface area contributed by atoms with E-state index in [0.29, 0.717) is 12.1 Å². The van der Waals surface area contributed by atoms with Crippen LogP contribution in [-0.4, -0.2) is 24.2 Å². The molecule has 0 bridgehead atoms. The molecule has 0 spiro atoms. The fourth-order valence-corrected chi connectivity index (χ4v) is 3.47. The van der Waals surface area contributed by atoms with Gasteiger partial charge in [-0.05, 0) is 43.6 Å². The fourth-order valence-electron chi connectivity index (χ4n) is 3.47. The second-order valence-corrected chi connectivity index (χ2v) is 6.13. The second kappa shape index (κ2) is 5.50. The van der Waals surface area contributed by atoms with Crippen LogP contribution in [0.1, 0.15) is 52.4 Å². The number of hydrogen-bond donors (Lipinski definition) is 1. The molecule has 1 aliphatic heterocycles. The summed E-state index contributed by atoms with van der Waals surface area (Å²) in [5.74, 6) is 2.51. The predicted molar refractivity (Wildman–Crippen MR) is 69.1 cm³/mol. The molecule has 1 aliphatic carbocycles. The molecule has 2 fully saturated rings. The van der Waals surface area contributed by atoms with Gasteiger partial charge in [0.05, 0.1) is 6.17 Å². The third-order valence-corrected chi connectivity index (χ3v) is 4.87. The lowest BCUT2D eigenvalue weighted by Gasteiger charge is -2.41. The van der Waals surface area contributed by atoms with E-state index in [1.165, 1.54) is 51.6 Å². The molecule has 2 N–H and O–H groups in total. The van der Waals surface area contributed by atoms with Crippen molar-refractivity contribution in [1.29, 1.82) is 0 Å². The summed E-state index contributed by atoms with van der Waals surface area (Å²) in [6.45, 7) is 7.23. The van der Waals surface area contributed by atoms with E-state index in [9.17, 15) is 0 Å². The van der Waals surface area contributed by atoms with Gasteiger partial charge in [0.2, 0.25) is 0 Å². The van der Waals surface area contributed by atoms with Gasteiger partial charge in [0.15, 0.2) is 0 Å². The molecule has 0 aromatic heterocycles. The zero-order chi connectivity index (χ0) is 11.5. The highest BCUT2D eigenvalue weighted by molar-refractivity contribution is 4.82. The topological polar surface area (TPSA) is 29.3 Å². The Morgan fingerprint density at radius 2 is 1.69 bits per heavy atom. The van der Waals surface area contributed by atoms with E-state index in [4.69, 9.17) is 5.73 Å². The van der Waals surface area contributed by atoms with Gasteiger partial charge in [0.25, 0.3) is 0 Å². The summed E-state index contributed by atoms with van der Waals surface area (Å²) in [6, 6.07) is 0. The van der Waals surface area contributed by atoms with Crippen LogP contribution in [0, 0.1) is 17.8 Å². The normalized spacial score (nSPS) is 42.2. The Morgan fingerprint density at radius 1 is 1.00 bits per heavy atom. The SMILES string of the molecule is CC1CCCCC1CN1CCCC(C)C1N. The first-order valence-corrected chi connectivity index (χ1v) is 7.18. The first-order valence-electron chi connectivity index (χ1n) is 7.18. The summed E-state index contributed by atoms with van der Waals surface area (Å²) < 4.78 is 0. The predicted octanol–water partition coefficient (Wildman–Crippen LogP) is 2.83. The van der Waals surface area contributed by atoms with Crippen LogP contribution in [0.3, 0.4) is 0 Å². The minimum absolute atomic E-state index is 0.322. The number of rotatable bonds is 2. The van der Waals surface area contributed by atoms with Gasteiger partial charge in [0, 0.05) is 6.54 Å². The Hall–Kier alpha value is -0.0800. The first kappa shape index (κ1) is 12.4. The van der Waals surface area contributed by atoms with E-state index >= 15 is 0 Å². The van der Waals surface area contributed by atoms with Crippen LogP contribution in [0.15, 0.2) is 0 Å². The van der Waals surface area contributed by atoms with E-state index < -0.39 is 0 Å². The molecule has 0 aromatic carbocycles. The Labute approximate surface area is 101 Å². The molecule has 0 aromatic rings. The standard InChI is InChI=1S/C14H28N2/c1-11-6-3-4-8-13(11)10-16-9-5-7-12(2)14(16)15/h11-14H,3-10,15H2,1-2H3. The number of nitrogens with zero attached hydrogens (tertiary/aromatic N) is 1. The lowest BCUT2D eigenvalue weighted by Crippen LogP contribution is -2.52. The van der Waals surface area contributed by atoms with Gasteiger partial charge in [-0.15, -0.1) is 0 Å². The van der Waals surface area contributed by atoms with Crippen LogP contribution < -0.4 is 5.73 Å². The van der Waals surface area contributed by atoms with E-state index in [0.717, 1.165) is 11.8 Å². The molecule has 4 atom stereocenters. The summed E-state index contributed by atoms with van der Waals surface area (Å²) >= 11 is 0. The van der Waals surface area contributed by atoms with Crippen molar-refractivity contribution in [3.05, 3.63) is 0 Å². The summed E-state index contributed by atoms with van der Waals surface area (Å²) in [6.07, 6.45) is 8.73. The Balaban J connectivity index is 1.87. The minimum Gasteiger partial charge on any atom is -0.316 e. The maximum atomic E-state index is 6.31. The molecule has 0 radical (unpaired) electrons. The maximum absolute atomic E-state index is 6.31. The third kappa shape index (κ3) is 2.78. The van der Waals surface area contributed by atoms with Crippen molar-refractivity contribution in [3.8, 4) is 0 Å². The molecule has 2 heteroatoms. The molecule has 2 aliphatic rings. The molecule has 4 unspecified atom stereocenters. The zero-order valence-corrected chi connectivity index (χ0v) is 11.0. The fraction of sp³-hybridized carbons (Fsp3) is 1.00.